The molecule has 4 heteroatoms. The molecule has 0 aliphatic carbocycles. The number of aliphatic hydroxyl groups is 1. The van der Waals surface area contributed by atoms with Gasteiger partial charge in [-0.2, -0.15) is 0 Å². The second-order valence-corrected chi connectivity index (χ2v) is 4.36. The average molecular weight is 225 g/mol. The molecule has 1 aromatic rings. The van der Waals surface area contributed by atoms with E-state index in [-0.39, 0.29) is 0 Å². The van der Waals surface area contributed by atoms with Crippen LogP contribution in [0.5, 0.6) is 0 Å². The lowest BCUT2D eigenvalue weighted by atomic mass is 10.2. The van der Waals surface area contributed by atoms with E-state index in [9.17, 15) is 0 Å². The highest BCUT2D eigenvalue weighted by Crippen LogP contribution is 2.03. The molecule has 1 rings (SSSR count). The van der Waals surface area contributed by atoms with Gasteiger partial charge in [-0.15, -0.1) is 0 Å². The van der Waals surface area contributed by atoms with E-state index in [0.717, 1.165) is 38.2 Å². The number of unbranched alkanes of at least 4 members (excludes halogenated alkanes) is 2. The van der Waals surface area contributed by atoms with Crippen LogP contribution in [0.1, 0.15) is 38.9 Å². The van der Waals surface area contributed by atoms with Crippen molar-refractivity contribution < 1.29 is 5.11 Å². The molecule has 0 bridgehead atoms. The van der Waals surface area contributed by atoms with Crippen LogP contribution in [0.4, 0.5) is 0 Å². The molecule has 16 heavy (non-hydrogen) atoms. The lowest BCUT2D eigenvalue weighted by Gasteiger charge is -2.10. The Bertz CT molecular complexity index is 284. The first kappa shape index (κ1) is 13.2. The summed E-state index contributed by atoms with van der Waals surface area (Å²) in [4.78, 5) is 4.34. The molecule has 2 N–H and O–H groups in total. The van der Waals surface area contributed by atoms with Crippen LogP contribution in [0.25, 0.3) is 0 Å². The maximum absolute atomic E-state index is 8.69. The summed E-state index contributed by atoms with van der Waals surface area (Å²) in [6.07, 6.45) is 6.95. The Hall–Kier alpha value is -0.870. The largest absolute Gasteiger partial charge is 0.396 e. The molecule has 1 heterocycles. The average Bonchev–Trinajstić information content (AvgIpc) is 2.69. The lowest BCUT2D eigenvalue weighted by Crippen LogP contribution is -2.24. The Balaban J connectivity index is 2.32. The quantitative estimate of drug-likeness (QED) is 0.660. The van der Waals surface area contributed by atoms with Crippen molar-refractivity contribution in [3.05, 3.63) is 18.2 Å². The number of rotatable bonds is 8. The van der Waals surface area contributed by atoms with Gasteiger partial charge in [-0.3, -0.25) is 0 Å². The number of nitrogens with zero attached hydrogens (tertiary/aromatic N) is 2. The number of imidazole rings is 1. The zero-order valence-corrected chi connectivity index (χ0v) is 10.3. The number of aliphatic hydroxyl groups excluding tert-OH is 1. The van der Waals surface area contributed by atoms with Crippen molar-refractivity contribution >= 4 is 0 Å². The minimum absolute atomic E-state index is 0.297. The van der Waals surface area contributed by atoms with Crippen LogP contribution in [0.3, 0.4) is 0 Å². The van der Waals surface area contributed by atoms with Crippen molar-refractivity contribution in [3.63, 3.8) is 0 Å². The Morgan fingerprint density at radius 1 is 1.38 bits per heavy atom. The van der Waals surface area contributed by atoms with E-state index in [4.69, 9.17) is 5.11 Å². The van der Waals surface area contributed by atoms with Crippen molar-refractivity contribution in [3.8, 4) is 0 Å². The van der Waals surface area contributed by atoms with Gasteiger partial charge >= 0.3 is 0 Å². The summed E-state index contributed by atoms with van der Waals surface area (Å²) in [5.41, 5.74) is 0. The summed E-state index contributed by atoms with van der Waals surface area (Å²) >= 11 is 0. The standard InChI is InChI=1S/C12H23N3O/c1-11(2)14-10-12-13-6-8-15(12)7-4-3-5-9-16/h6,8,11,14,16H,3-5,7,9-10H2,1-2H3. The van der Waals surface area contributed by atoms with Gasteiger partial charge in [0.15, 0.2) is 0 Å². The highest BCUT2D eigenvalue weighted by Gasteiger charge is 2.02. The molecule has 0 radical (unpaired) electrons. The molecule has 4 nitrogen and oxygen atoms in total. The van der Waals surface area contributed by atoms with E-state index in [1.54, 1.807) is 0 Å². The zero-order chi connectivity index (χ0) is 11.8. The maximum atomic E-state index is 8.69. The molecule has 0 atom stereocenters. The Kier molecular flexibility index (Phi) is 6.11. The van der Waals surface area contributed by atoms with Crippen molar-refractivity contribution in [2.24, 2.45) is 0 Å². The second kappa shape index (κ2) is 7.41. The summed E-state index contributed by atoms with van der Waals surface area (Å²) in [5, 5.41) is 12.1. The summed E-state index contributed by atoms with van der Waals surface area (Å²) in [7, 11) is 0. The van der Waals surface area contributed by atoms with Crippen LogP contribution in [-0.4, -0.2) is 27.3 Å². The van der Waals surface area contributed by atoms with Crippen LogP contribution < -0.4 is 5.32 Å². The van der Waals surface area contributed by atoms with Gasteiger partial charge in [0, 0.05) is 31.6 Å². The van der Waals surface area contributed by atoms with E-state index in [0.29, 0.717) is 12.6 Å². The fourth-order valence-corrected chi connectivity index (χ4v) is 1.58. The topological polar surface area (TPSA) is 50.1 Å². The van der Waals surface area contributed by atoms with Crippen LogP contribution in [0.15, 0.2) is 12.4 Å². The SMILES string of the molecule is CC(C)NCc1nccn1CCCCCO. The first-order chi connectivity index (χ1) is 7.74. The fourth-order valence-electron chi connectivity index (χ4n) is 1.58. The molecule has 0 aromatic carbocycles. The van der Waals surface area contributed by atoms with Crippen molar-refractivity contribution in [1.29, 1.82) is 0 Å². The van der Waals surface area contributed by atoms with E-state index < -0.39 is 0 Å². The third-order valence-electron chi connectivity index (χ3n) is 2.53. The number of hydrogen-bond donors (Lipinski definition) is 2. The number of hydrogen-bond acceptors (Lipinski definition) is 3. The van der Waals surface area contributed by atoms with Crippen LogP contribution in [0.2, 0.25) is 0 Å². The molecule has 0 saturated heterocycles. The van der Waals surface area contributed by atoms with E-state index >= 15 is 0 Å². The van der Waals surface area contributed by atoms with Gasteiger partial charge in [0.25, 0.3) is 0 Å². The third-order valence-corrected chi connectivity index (χ3v) is 2.53. The lowest BCUT2D eigenvalue weighted by molar-refractivity contribution is 0.281. The van der Waals surface area contributed by atoms with Gasteiger partial charge in [-0.1, -0.05) is 13.8 Å². The zero-order valence-electron chi connectivity index (χ0n) is 10.3. The van der Waals surface area contributed by atoms with Gasteiger partial charge in [-0.05, 0) is 19.3 Å². The van der Waals surface area contributed by atoms with Gasteiger partial charge in [0.2, 0.25) is 0 Å². The molecule has 1 aromatic heterocycles. The Morgan fingerprint density at radius 2 is 2.19 bits per heavy atom. The van der Waals surface area contributed by atoms with Crippen LogP contribution in [0, 0.1) is 0 Å². The summed E-state index contributed by atoms with van der Waals surface area (Å²) in [6.45, 7) is 6.38. The first-order valence-corrected chi connectivity index (χ1v) is 6.08. The normalized spacial score (nSPS) is 11.2. The summed E-state index contributed by atoms with van der Waals surface area (Å²) < 4.78 is 2.19. The highest BCUT2D eigenvalue weighted by molar-refractivity contribution is 4.92. The summed E-state index contributed by atoms with van der Waals surface area (Å²) in [5.74, 6) is 1.10. The summed E-state index contributed by atoms with van der Waals surface area (Å²) in [6, 6.07) is 0.486. The molecular formula is C12H23N3O. The Labute approximate surface area is 97.7 Å². The van der Waals surface area contributed by atoms with Crippen LogP contribution >= 0.6 is 0 Å². The minimum Gasteiger partial charge on any atom is -0.396 e. The maximum Gasteiger partial charge on any atom is 0.122 e. The highest BCUT2D eigenvalue weighted by atomic mass is 16.2. The van der Waals surface area contributed by atoms with Crippen molar-refractivity contribution in [2.45, 2.75) is 52.2 Å². The minimum atomic E-state index is 0.297. The van der Waals surface area contributed by atoms with Crippen molar-refractivity contribution in [1.82, 2.24) is 14.9 Å². The molecule has 0 aliphatic heterocycles. The molecule has 0 spiro atoms. The molecule has 0 amide bonds. The molecule has 0 saturated carbocycles. The smallest absolute Gasteiger partial charge is 0.122 e. The monoisotopic (exact) mass is 225 g/mol. The number of aryl methyl sites for hydroxylation is 1. The molecular weight excluding hydrogens is 202 g/mol. The van der Waals surface area contributed by atoms with Crippen molar-refractivity contribution in [2.75, 3.05) is 6.61 Å². The Morgan fingerprint density at radius 3 is 2.88 bits per heavy atom. The number of aromatic nitrogens is 2. The predicted molar refractivity (Wildman–Crippen MR) is 65.1 cm³/mol. The second-order valence-electron chi connectivity index (χ2n) is 4.36. The third kappa shape index (κ3) is 4.77. The molecule has 92 valence electrons. The van der Waals surface area contributed by atoms with Gasteiger partial charge in [0.05, 0.1) is 6.54 Å². The number of nitrogens with one attached hydrogen (secondary N) is 1. The van der Waals surface area contributed by atoms with Gasteiger partial charge < -0.3 is 15.0 Å². The van der Waals surface area contributed by atoms with Gasteiger partial charge in [0.1, 0.15) is 5.82 Å². The molecule has 0 aliphatic rings. The molecule has 0 fully saturated rings. The predicted octanol–water partition coefficient (Wildman–Crippen LogP) is 1.54. The van der Waals surface area contributed by atoms with E-state index in [1.807, 2.05) is 12.4 Å². The first-order valence-electron chi connectivity index (χ1n) is 6.08. The van der Waals surface area contributed by atoms with E-state index in [1.165, 1.54) is 0 Å². The van der Waals surface area contributed by atoms with Gasteiger partial charge in [-0.25, -0.2) is 4.98 Å². The van der Waals surface area contributed by atoms with Crippen LogP contribution in [-0.2, 0) is 13.1 Å². The van der Waals surface area contributed by atoms with E-state index in [2.05, 4.69) is 28.7 Å². The molecule has 0 unspecified atom stereocenters. The fraction of sp³-hybridized carbons (Fsp3) is 0.750.